The van der Waals surface area contributed by atoms with Crippen molar-refractivity contribution in [1.82, 2.24) is 9.80 Å². The number of nitrogen functional groups attached to an aromatic ring is 1. The molecule has 0 heterocycles. The Labute approximate surface area is 128 Å². The molecule has 1 unspecified atom stereocenters. The van der Waals surface area contributed by atoms with Crippen LogP contribution in [0.3, 0.4) is 0 Å². The Morgan fingerprint density at radius 2 is 1.86 bits per heavy atom. The Morgan fingerprint density at radius 3 is 2.36 bits per heavy atom. The SMILES string of the molecule is CC(=O)N(C)C(=O)C(C)N(C=O)C(=O)c1cccc(N)c1C. The van der Waals surface area contributed by atoms with E-state index in [-0.39, 0.29) is 12.0 Å². The van der Waals surface area contributed by atoms with Gasteiger partial charge >= 0.3 is 0 Å². The molecule has 1 aromatic carbocycles. The zero-order valence-electron chi connectivity index (χ0n) is 13.0. The molecular formula is C15H19N3O4. The van der Waals surface area contributed by atoms with E-state index in [9.17, 15) is 19.2 Å². The van der Waals surface area contributed by atoms with Crippen LogP contribution in [0.1, 0.15) is 29.8 Å². The molecule has 0 aliphatic heterocycles. The Bertz CT molecular complexity index is 627. The monoisotopic (exact) mass is 305 g/mol. The maximum Gasteiger partial charge on any atom is 0.261 e. The summed E-state index contributed by atoms with van der Waals surface area (Å²) in [7, 11) is 1.29. The highest BCUT2D eigenvalue weighted by molar-refractivity contribution is 6.06. The number of likely N-dealkylation sites (N-methyl/N-ethyl adjacent to an activating group) is 1. The van der Waals surface area contributed by atoms with Crippen molar-refractivity contribution in [2.24, 2.45) is 0 Å². The van der Waals surface area contributed by atoms with Gasteiger partial charge in [-0.3, -0.25) is 29.0 Å². The van der Waals surface area contributed by atoms with Gasteiger partial charge < -0.3 is 5.73 Å². The van der Waals surface area contributed by atoms with Gasteiger partial charge in [0.2, 0.25) is 12.3 Å². The minimum absolute atomic E-state index is 0.234. The second-order valence-electron chi connectivity index (χ2n) is 4.93. The number of amides is 4. The summed E-state index contributed by atoms with van der Waals surface area (Å²) in [5.41, 5.74) is 6.92. The standard InChI is InChI=1S/C15H19N3O4/c1-9-12(6-5-7-13(9)16)15(22)18(8-19)10(2)14(21)17(4)11(3)20/h5-8,10H,16H2,1-4H3. The maximum absolute atomic E-state index is 12.5. The summed E-state index contributed by atoms with van der Waals surface area (Å²) >= 11 is 0. The van der Waals surface area contributed by atoms with Crippen molar-refractivity contribution >= 4 is 29.8 Å². The molecule has 7 nitrogen and oxygen atoms in total. The average molecular weight is 305 g/mol. The van der Waals surface area contributed by atoms with Crippen molar-refractivity contribution in [1.29, 1.82) is 0 Å². The zero-order chi connectivity index (χ0) is 17.0. The smallest absolute Gasteiger partial charge is 0.261 e. The van der Waals surface area contributed by atoms with Crippen LogP contribution in [0.25, 0.3) is 0 Å². The quantitative estimate of drug-likeness (QED) is 0.647. The molecule has 0 aromatic heterocycles. The molecule has 0 saturated heterocycles. The molecular weight excluding hydrogens is 286 g/mol. The number of carbonyl (C=O) groups excluding carboxylic acids is 4. The highest BCUT2D eigenvalue weighted by Crippen LogP contribution is 2.18. The normalized spacial score (nSPS) is 11.5. The second-order valence-corrected chi connectivity index (χ2v) is 4.93. The first kappa shape index (κ1) is 17.4. The van der Waals surface area contributed by atoms with Crippen LogP contribution in [-0.4, -0.2) is 47.0 Å². The first-order valence-electron chi connectivity index (χ1n) is 6.63. The van der Waals surface area contributed by atoms with E-state index in [2.05, 4.69) is 0 Å². The van der Waals surface area contributed by atoms with Crippen LogP contribution in [0.4, 0.5) is 5.69 Å². The Kier molecular flexibility index (Phi) is 5.39. The molecule has 1 atom stereocenters. The first-order chi connectivity index (χ1) is 10.2. The van der Waals surface area contributed by atoms with Crippen LogP contribution in [0.2, 0.25) is 0 Å². The van der Waals surface area contributed by atoms with Crippen molar-refractivity contribution in [3.05, 3.63) is 29.3 Å². The molecule has 1 rings (SSSR count). The van der Waals surface area contributed by atoms with Gasteiger partial charge in [0.05, 0.1) is 0 Å². The molecule has 0 bridgehead atoms. The van der Waals surface area contributed by atoms with Gasteiger partial charge in [0, 0.05) is 25.2 Å². The van der Waals surface area contributed by atoms with Gasteiger partial charge in [-0.2, -0.15) is 0 Å². The molecule has 0 aliphatic rings. The molecule has 0 aliphatic carbocycles. The van der Waals surface area contributed by atoms with Gasteiger partial charge in [0.15, 0.2) is 0 Å². The molecule has 4 amide bonds. The number of anilines is 1. The van der Waals surface area contributed by atoms with Crippen molar-refractivity contribution in [3.8, 4) is 0 Å². The lowest BCUT2D eigenvalue weighted by Crippen LogP contribution is -2.49. The van der Waals surface area contributed by atoms with Gasteiger partial charge in [0.25, 0.3) is 11.8 Å². The molecule has 0 fully saturated rings. The average Bonchev–Trinajstić information content (AvgIpc) is 2.48. The summed E-state index contributed by atoms with van der Waals surface area (Å²) in [5, 5.41) is 0. The maximum atomic E-state index is 12.5. The van der Waals surface area contributed by atoms with Crippen molar-refractivity contribution < 1.29 is 19.2 Å². The van der Waals surface area contributed by atoms with E-state index in [1.54, 1.807) is 19.1 Å². The van der Waals surface area contributed by atoms with E-state index in [1.165, 1.54) is 27.0 Å². The van der Waals surface area contributed by atoms with E-state index in [0.717, 1.165) is 9.80 Å². The number of hydrogen-bond acceptors (Lipinski definition) is 5. The summed E-state index contributed by atoms with van der Waals surface area (Å²) in [5.74, 6) is -1.76. The van der Waals surface area contributed by atoms with Gasteiger partial charge in [-0.25, -0.2) is 0 Å². The highest BCUT2D eigenvalue weighted by atomic mass is 16.2. The molecule has 0 spiro atoms. The van der Waals surface area contributed by atoms with Crippen LogP contribution < -0.4 is 5.73 Å². The Balaban J connectivity index is 3.12. The lowest BCUT2D eigenvalue weighted by Gasteiger charge is -2.26. The van der Waals surface area contributed by atoms with Gasteiger partial charge in [-0.15, -0.1) is 0 Å². The van der Waals surface area contributed by atoms with E-state index in [0.29, 0.717) is 11.3 Å². The van der Waals surface area contributed by atoms with Crippen molar-refractivity contribution in [3.63, 3.8) is 0 Å². The van der Waals surface area contributed by atoms with Gasteiger partial charge in [-0.1, -0.05) is 6.07 Å². The zero-order valence-corrected chi connectivity index (χ0v) is 13.0. The molecule has 1 aromatic rings. The number of nitrogens with two attached hydrogens (primary N) is 1. The fraction of sp³-hybridized carbons (Fsp3) is 0.333. The molecule has 0 saturated carbocycles. The van der Waals surface area contributed by atoms with E-state index in [4.69, 9.17) is 5.73 Å². The van der Waals surface area contributed by atoms with Crippen LogP contribution in [0.5, 0.6) is 0 Å². The van der Waals surface area contributed by atoms with E-state index in [1.807, 2.05) is 0 Å². The lowest BCUT2D eigenvalue weighted by molar-refractivity contribution is -0.146. The molecule has 118 valence electrons. The molecule has 2 N–H and O–H groups in total. The second kappa shape index (κ2) is 6.84. The fourth-order valence-corrected chi connectivity index (χ4v) is 1.89. The molecule has 0 radical (unpaired) electrons. The Hall–Kier alpha value is -2.70. The number of hydrogen-bond donors (Lipinski definition) is 1. The van der Waals surface area contributed by atoms with Crippen molar-refractivity contribution in [2.75, 3.05) is 12.8 Å². The van der Waals surface area contributed by atoms with E-state index >= 15 is 0 Å². The van der Waals surface area contributed by atoms with Crippen LogP contribution in [0.15, 0.2) is 18.2 Å². The van der Waals surface area contributed by atoms with Crippen LogP contribution >= 0.6 is 0 Å². The highest BCUT2D eigenvalue weighted by Gasteiger charge is 2.30. The summed E-state index contributed by atoms with van der Waals surface area (Å²) in [4.78, 5) is 48.7. The van der Waals surface area contributed by atoms with E-state index < -0.39 is 23.8 Å². The number of imide groups is 2. The largest absolute Gasteiger partial charge is 0.398 e. The molecule has 22 heavy (non-hydrogen) atoms. The number of carbonyl (C=O) groups is 4. The topological polar surface area (TPSA) is 101 Å². The first-order valence-corrected chi connectivity index (χ1v) is 6.63. The lowest BCUT2D eigenvalue weighted by atomic mass is 10.1. The third-order valence-corrected chi connectivity index (χ3v) is 3.53. The van der Waals surface area contributed by atoms with Crippen molar-refractivity contribution in [2.45, 2.75) is 26.8 Å². The minimum atomic E-state index is -1.10. The molecule has 7 heteroatoms. The predicted molar refractivity (Wildman–Crippen MR) is 80.7 cm³/mol. The number of nitrogens with zero attached hydrogens (tertiary/aromatic N) is 2. The van der Waals surface area contributed by atoms with Gasteiger partial charge in [0.1, 0.15) is 6.04 Å². The summed E-state index contributed by atoms with van der Waals surface area (Å²) in [6, 6.07) is 3.65. The summed E-state index contributed by atoms with van der Waals surface area (Å²) < 4.78 is 0. The van der Waals surface area contributed by atoms with Gasteiger partial charge in [-0.05, 0) is 31.5 Å². The summed E-state index contributed by atoms with van der Waals surface area (Å²) in [6.07, 6.45) is 0.279. The minimum Gasteiger partial charge on any atom is -0.398 e. The van der Waals surface area contributed by atoms with Crippen LogP contribution in [0, 0.1) is 6.92 Å². The fourth-order valence-electron chi connectivity index (χ4n) is 1.89. The predicted octanol–water partition coefficient (Wildman–Crippen LogP) is 0.569. The number of benzene rings is 1. The third-order valence-electron chi connectivity index (χ3n) is 3.53. The summed E-state index contributed by atoms with van der Waals surface area (Å²) in [6.45, 7) is 4.26. The number of rotatable bonds is 4. The van der Waals surface area contributed by atoms with Crippen LogP contribution in [-0.2, 0) is 14.4 Å². The Morgan fingerprint density at radius 1 is 1.27 bits per heavy atom. The third kappa shape index (κ3) is 3.30.